The van der Waals surface area contributed by atoms with Crippen LogP contribution in [0, 0.1) is 20.8 Å². The van der Waals surface area contributed by atoms with Gasteiger partial charge < -0.3 is 4.74 Å². The first kappa shape index (κ1) is 16.8. The molecule has 0 bridgehead atoms. The minimum Gasteiger partial charge on any atom is -0.496 e. The van der Waals surface area contributed by atoms with E-state index in [1.54, 1.807) is 7.11 Å². The van der Waals surface area contributed by atoms with Crippen LogP contribution in [0.15, 0.2) is 55.0 Å². The van der Waals surface area contributed by atoms with Gasteiger partial charge in [-0.2, -0.15) is 0 Å². The molecular formula is C24H21N3O. The van der Waals surface area contributed by atoms with Gasteiger partial charge in [0.1, 0.15) is 5.75 Å². The molecule has 0 aliphatic rings. The van der Waals surface area contributed by atoms with Crippen LogP contribution >= 0.6 is 0 Å². The fourth-order valence-electron chi connectivity index (χ4n) is 4.31. The van der Waals surface area contributed by atoms with E-state index in [4.69, 9.17) is 9.72 Å². The molecule has 3 aromatic heterocycles. The number of nitrogens with zero attached hydrogens (tertiary/aromatic N) is 3. The molecule has 0 radical (unpaired) electrons. The van der Waals surface area contributed by atoms with Crippen molar-refractivity contribution in [2.24, 2.45) is 0 Å². The number of para-hydroxylation sites is 1. The molecular weight excluding hydrogens is 346 g/mol. The number of hydrogen-bond acceptors (Lipinski definition) is 3. The molecule has 0 unspecified atom stereocenters. The molecule has 0 aliphatic heterocycles. The number of aryl methyl sites for hydroxylation is 3. The first-order valence-corrected chi connectivity index (χ1v) is 9.38. The van der Waals surface area contributed by atoms with Gasteiger partial charge in [-0.1, -0.05) is 29.8 Å². The predicted octanol–water partition coefficient (Wildman–Crippen LogP) is 5.64. The molecule has 0 amide bonds. The summed E-state index contributed by atoms with van der Waals surface area (Å²) in [7, 11) is 1.71. The van der Waals surface area contributed by atoms with Gasteiger partial charge in [0, 0.05) is 27.6 Å². The minimum atomic E-state index is 0.850. The van der Waals surface area contributed by atoms with Crippen molar-refractivity contribution in [3.8, 4) is 16.9 Å². The fraction of sp³-hybridized carbons (Fsp3) is 0.167. The van der Waals surface area contributed by atoms with Gasteiger partial charge in [0.25, 0.3) is 0 Å². The number of aromatic nitrogens is 3. The molecule has 0 N–H and O–H groups in total. The van der Waals surface area contributed by atoms with Gasteiger partial charge in [-0.15, -0.1) is 0 Å². The van der Waals surface area contributed by atoms with Crippen molar-refractivity contribution < 1.29 is 4.74 Å². The van der Waals surface area contributed by atoms with E-state index in [0.717, 1.165) is 39.1 Å². The number of rotatable bonds is 2. The van der Waals surface area contributed by atoms with Gasteiger partial charge in [0.2, 0.25) is 0 Å². The second-order valence-corrected chi connectivity index (χ2v) is 7.36. The molecule has 2 aromatic carbocycles. The minimum absolute atomic E-state index is 0.850. The average Bonchev–Trinajstić information content (AvgIpc) is 3.16. The topological polar surface area (TPSA) is 39.4 Å². The maximum Gasteiger partial charge on any atom is 0.126 e. The van der Waals surface area contributed by atoms with Crippen molar-refractivity contribution in [1.29, 1.82) is 0 Å². The smallest absolute Gasteiger partial charge is 0.126 e. The standard InChI is InChI=1S/C24H21N3O/c1-14-9-15(2)22-19(10-14)20-12-25-13-27(20)24-18(11-16(3)26-23(22)24)17-7-5-6-8-21(17)28-4/h5-13H,1-4H3. The number of hydrogen-bond donors (Lipinski definition) is 0. The Morgan fingerprint density at radius 1 is 0.964 bits per heavy atom. The summed E-state index contributed by atoms with van der Waals surface area (Å²) in [5.41, 5.74) is 8.76. The molecule has 28 heavy (non-hydrogen) atoms. The lowest BCUT2D eigenvalue weighted by molar-refractivity contribution is 0.416. The molecule has 4 heteroatoms. The second-order valence-electron chi connectivity index (χ2n) is 7.36. The van der Waals surface area contributed by atoms with Crippen molar-refractivity contribution in [3.05, 3.63) is 71.8 Å². The number of benzene rings is 2. The molecule has 0 spiro atoms. The zero-order chi connectivity index (χ0) is 19.4. The summed E-state index contributed by atoms with van der Waals surface area (Å²) in [6.45, 7) is 6.34. The van der Waals surface area contributed by atoms with E-state index in [1.807, 2.05) is 37.6 Å². The largest absolute Gasteiger partial charge is 0.496 e. The predicted molar refractivity (Wildman–Crippen MR) is 114 cm³/mol. The quantitative estimate of drug-likeness (QED) is 0.379. The van der Waals surface area contributed by atoms with Gasteiger partial charge in [-0.25, -0.2) is 4.98 Å². The Morgan fingerprint density at radius 2 is 1.79 bits per heavy atom. The molecule has 5 aromatic rings. The van der Waals surface area contributed by atoms with Crippen LogP contribution in [0.3, 0.4) is 0 Å². The van der Waals surface area contributed by atoms with Crippen LogP contribution in [0.1, 0.15) is 16.8 Å². The van der Waals surface area contributed by atoms with E-state index in [9.17, 15) is 0 Å². The summed E-state index contributed by atoms with van der Waals surface area (Å²) in [6.07, 6.45) is 3.82. The highest BCUT2D eigenvalue weighted by Gasteiger charge is 2.18. The fourth-order valence-corrected chi connectivity index (χ4v) is 4.31. The van der Waals surface area contributed by atoms with Crippen LogP contribution in [0.25, 0.3) is 38.4 Å². The molecule has 0 fully saturated rings. The first-order chi connectivity index (χ1) is 13.6. The SMILES string of the molecule is COc1ccccc1-c1cc(C)nc2c3c(C)cc(C)cc3c3cncn3c12. The summed E-state index contributed by atoms with van der Waals surface area (Å²) in [4.78, 5) is 9.44. The maximum atomic E-state index is 5.66. The van der Waals surface area contributed by atoms with Gasteiger partial charge in [0.15, 0.2) is 0 Å². The van der Waals surface area contributed by atoms with Gasteiger partial charge >= 0.3 is 0 Å². The van der Waals surface area contributed by atoms with Crippen molar-refractivity contribution in [2.75, 3.05) is 7.11 Å². The summed E-state index contributed by atoms with van der Waals surface area (Å²) >= 11 is 0. The van der Waals surface area contributed by atoms with Crippen molar-refractivity contribution in [1.82, 2.24) is 14.4 Å². The van der Waals surface area contributed by atoms with Crippen LogP contribution in [-0.2, 0) is 0 Å². The summed E-state index contributed by atoms with van der Waals surface area (Å²) in [6, 6.07) is 14.7. The van der Waals surface area contributed by atoms with Crippen LogP contribution in [0.4, 0.5) is 0 Å². The van der Waals surface area contributed by atoms with Crippen molar-refractivity contribution >= 4 is 27.3 Å². The van der Waals surface area contributed by atoms with Crippen LogP contribution < -0.4 is 4.74 Å². The number of methoxy groups -OCH3 is 1. The Bertz CT molecular complexity index is 1380. The zero-order valence-electron chi connectivity index (χ0n) is 16.4. The third kappa shape index (κ3) is 2.31. The van der Waals surface area contributed by atoms with E-state index in [-0.39, 0.29) is 0 Å². The Balaban J connectivity index is 2.08. The average molecular weight is 367 g/mol. The molecule has 0 saturated carbocycles. The Morgan fingerprint density at radius 3 is 2.61 bits per heavy atom. The third-order valence-electron chi connectivity index (χ3n) is 5.39. The van der Waals surface area contributed by atoms with Crippen LogP contribution in [-0.4, -0.2) is 21.5 Å². The Kier molecular flexibility index (Phi) is 3.63. The Labute approximate surface area is 163 Å². The molecule has 0 aliphatic carbocycles. The lowest BCUT2D eigenvalue weighted by atomic mass is 9.97. The zero-order valence-corrected chi connectivity index (χ0v) is 16.4. The lowest BCUT2D eigenvalue weighted by Crippen LogP contribution is -1.99. The van der Waals surface area contributed by atoms with E-state index in [1.165, 1.54) is 21.9 Å². The third-order valence-corrected chi connectivity index (χ3v) is 5.39. The number of ether oxygens (including phenoxy) is 1. The summed E-state index contributed by atoms with van der Waals surface area (Å²) < 4.78 is 7.82. The monoisotopic (exact) mass is 367 g/mol. The number of pyridine rings is 2. The number of fused-ring (bicyclic) bond motifs is 6. The molecule has 4 nitrogen and oxygen atoms in total. The van der Waals surface area contributed by atoms with E-state index in [2.05, 4.69) is 47.5 Å². The Hall–Kier alpha value is -3.40. The van der Waals surface area contributed by atoms with Gasteiger partial charge in [-0.05, 0) is 44.5 Å². The molecule has 3 heterocycles. The maximum absolute atomic E-state index is 5.66. The molecule has 0 atom stereocenters. The van der Waals surface area contributed by atoms with E-state index < -0.39 is 0 Å². The van der Waals surface area contributed by atoms with Crippen LogP contribution in [0.5, 0.6) is 5.75 Å². The molecule has 0 saturated heterocycles. The van der Waals surface area contributed by atoms with E-state index >= 15 is 0 Å². The highest BCUT2D eigenvalue weighted by Crippen LogP contribution is 2.39. The second kappa shape index (κ2) is 6.06. The lowest BCUT2D eigenvalue weighted by Gasteiger charge is -2.16. The summed E-state index contributed by atoms with van der Waals surface area (Å²) in [5.74, 6) is 0.850. The highest BCUT2D eigenvalue weighted by atomic mass is 16.5. The summed E-state index contributed by atoms with van der Waals surface area (Å²) in [5, 5.41) is 2.38. The van der Waals surface area contributed by atoms with Gasteiger partial charge in [0.05, 0.1) is 36.2 Å². The first-order valence-electron chi connectivity index (χ1n) is 9.38. The van der Waals surface area contributed by atoms with Crippen molar-refractivity contribution in [2.45, 2.75) is 20.8 Å². The highest BCUT2D eigenvalue weighted by molar-refractivity contribution is 6.15. The molecule has 138 valence electrons. The van der Waals surface area contributed by atoms with Crippen LogP contribution in [0.2, 0.25) is 0 Å². The molecule has 5 rings (SSSR count). The number of imidazole rings is 1. The van der Waals surface area contributed by atoms with E-state index in [0.29, 0.717) is 0 Å². The normalized spacial score (nSPS) is 11.6. The van der Waals surface area contributed by atoms with Crippen molar-refractivity contribution in [3.63, 3.8) is 0 Å². The van der Waals surface area contributed by atoms with Gasteiger partial charge in [-0.3, -0.25) is 9.38 Å².